The van der Waals surface area contributed by atoms with Crippen LogP contribution in [0.5, 0.6) is 0 Å². The van der Waals surface area contributed by atoms with Crippen LogP contribution in [0, 0.1) is 6.92 Å². The molecule has 0 saturated carbocycles. The van der Waals surface area contributed by atoms with Gasteiger partial charge in [-0.3, -0.25) is 4.79 Å². The zero-order valence-electron chi connectivity index (χ0n) is 13.1. The molecule has 1 N–H and O–H groups in total. The van der Waals surface area contributed by atoms with Crippen LogP contribution >= 0.6 is 11.8 Å². The molecular formula is C18H18N2O2S. The first kappa shape index (κ1) is 15.6. The molecule has 4 nitrogen and oxygen atoms in total. The second kappa shape index (κ2) is 6.87. The summed E-state index contributed by atoms with van der Waals surface area (Å²) in [7, 11) is 0. The SMILES string of the molecule is Cc1ccc(CNC(=O)C(C)Sc2nc3ccccc3o2)cc1. The Morgan fingerprint density at radius 3 is 2.70 bits per heavy atom. The molecule has 5 heteroatoms. The van der Waals surface area contributed by atoms with E-state index in [1.807, 2.05) is 62.4 Å². The standard InChI is InChI=1S/C18H18N2O2S/c1-12-7-9-14(10-8-12)11-19-17(21)13(2)23-18-20-15-5-3-4-6-16(15)22-18/h3-10,13H,11H2,1-2H3,(H,19,21). The van der Waals surface area contributed by atoms with E-state index in [1.54, 1.807) is 0 Å². The number of thioether (sulfide) groups is 1. The summed E-state index contributed by atoms with van der Waals surface area (Å²) >= 11 is 1.33. The van der Waals surface area contributed by atoms with Crippen molar-refractivity contribution in [1.82, 2.24) is 10.3 Å². The van der Waals surface area contributed by atoms with Gasteiger partial charge in [0.05, 0.1) is 5.25 Å². The zero-order valence-corrected chi connectivity index (χ0v) is 13.9. The van der Waals surface area contributed by atoms with E-state index in [9.17, 15) is 4.79 Å². The average molecular weight is 326 g/mol. The Hall–Kier alpha value is -2.27. The highest BCUT2D eigenvalue weighted by atomic mass is 32.2. The number of oxazole rings is 1. The van der Waals surface area contributed by atoms with Gasteiger partial charge in [-0.2, -0.15) is 0 Å². The fourth-order valence-electron chi connectivity index (χ4n) is 2.15. The molecule has 0 fully saturated rings. The summed E-state index contributed by atoms with van der Waals surface area (Å²) in [6, 6.07) is 15.7. The third-order valence-corrected chi connectivity index (χ3v) is 4.45. The topological polar surface area (TPSA) is 55.1 Å². The van der Waals surface area contributed by atoms with Crippen LogP contribution in [-0.4, -0.2) is 16.1 Å². The van der Waals surface area contributed by atoms with E-state index in [0.29, 0.717) is 11.8 Å². The Labute approximate surface area is 139 Å². The molecule has 3 aromatic rings. The molecule has 23 heavy (non-hydrogen) atoms. The van der Waals surface area contributed by atoms with Crippen molar-refractivity contribution < 1.29 is 9.21 Å². The molecule has 1 unspecified atom stereocenters. The van der Waals surface area contributed by atoms with Crippen LogP contribution in [0.25, 0.3) is 11.1 Å². The predicted octanol–water partition coefficient (Wildman–Crippen LogP) is 3.93. The number of carbonyl (C=O) groups excluding carboxylic acids is 1. The smallest absolute Gasteiger partial charge is 0.257 e. The Bertz CT molecular complexity index is 778. The van der Waals surface area contributed by atoms with Gasteiger partial charge < -0.3 is 9.73 Å². The van der Waals surface area contributed by atoms with Crippen molar-refractivity contribution in [2.45, 2.75) is 30.9 Å². The number of nitrogens with zero attached hydrogens (tertiary/aromatic N) is 1. The first-order valence-electron chi connectivity index (χ1n) is 7.47. The van der Waals surface area contributed by atoms with Gasteiger partial charge in [0.25, 0.3) is 5.22 Å². The lowest BCUT2D eigenvalue weighted by Gasteiger charge is -2.10. The minimum absolute atomic E-state index is 0.0298. The van der Waals surface area contributed by atoms with E-state index in [1.165, 1.54) is 17.3 Å². The molecule has 0 bridgehead atoms. The van der Waals surface area contributed by atoms with Crippen LogP contribution in [0.3, 0.4) is 0 Å². The number of aryl methyl sites for hydroxylation is 1. The van der Waals surface area contributed by atoms with Gasteiger partial charge in [0, 0.05) is 6.54 Å². The van der Waals surface area contributed by atoms with Crippen molar-refractivity contribution in [1.29, 1.82) is 0 Å². The molecule has 3 rings (SSSR count). The van der Waals surface area contributed by atoms with Crippen LogP contribution in [0.4, 0.5) is 0 Å². The van der Waals surface area contributed by atoms with E-state index in [2.05, 4.69) is 10.3 Å². The molecule has 0 aliphatic carbocycles. The van der Waals surface area contributed by atoms with Gasteiger partial charge in [-0.05, 0) is 31.5 Å². The maximum atomic E-state index is 12.2. The second-order valence-electron chi connectivity index (χ2n) is 5.41. The van der Waals surface area contributed by atoms with E-state index >= 15 is 0 Å². The molecule has 1 aromatic heterocycles. The summed E-state index contributed by atoms with van der Waals surface area (Å²) in [4.78, 5) is 16.6. The van der Waals surface area contributed by atoms with Crippen LogP contribution < -0.4 is 5.32 Å². The molecule has 2 aromatic carbocycles. The molecule has 1 heterocycles. The van der Waals surface area contributed by atoms with Gasteiger partial charge in [0.1, 0.15) is 5.52 Å². The van der Waals surface area contributed by atoms with Crippen molar-refractivity contribution in [3.8, 4) is 0 Å². The first-order valence-corrected chi connectivity index (χ1v) is 8.35. The Morgan fingerprint density at radius 2 is 1.96 bits per heavy atom. The molecule has 118 valence electrons. The highest BCUT2D eigenvalue weighted by Gasteiger charge is 2.17. The maximum Gasteiger partial charge on any atom is 0.257 e. The molecule has 1 amide bonds. The quantitative estimate of drug-likeness (QED) is 0.722. The summed E-state index contributed by atoms with van der Waals surface area (Å²) < 4.78 is 5.64. The number of hydrogen-bond donors (Lipinski definition) is 1. The van der Waals surface area contributed by atoms with Gasteiger partial charge in [-0.1, -0.05) is 53.7 Å². The number of rotatable bonds is 5. The summed E-state index contributed by atoms with van der Waals surface area (Å²) in [5.41, 5.74) is 3.84. The van der Waals surface area contributed by atoms with E-state index in [-0.39, 0.29) is 11.2 Å². The Balaban J connectivity index is 1.57. The molecule has 0 spiro atoms. The number of aromatic nitrogens is 1. The van der Waals surface area contributed by atoms with Gasteiger partial charge in [0.15, 0.2) is 5.58 Å². The Kier molecular flexibility index (Phi) is 4.67. The van der Waals surface area contributed by atoms with Crippen molar-refractivity contribution in [3.05, 3.63) is 59.7 Å². The maximum absolute atomic E-state index is 12.2. The first-order chi connectivity index (χ1) is 11.1. The fraction of sp³-hybridized carbons (Fsp3) is 0.222. The van der Waals surface area contributed by atoms with E-state index in [0.717, 1.165) is 16.7 Å². The number of benzene rings is 2. The van der Waals surface area contributed by atoms with E-state index < -0.39 is 0 Å². The zero-order chi connectivity index (χ0) is 16.2. The second-order valence-corrected chi connectivity index (χ2v) is 6.70. The third-order valence-electron chi connectivity index (χ3n) is 3.51. The lowest BCUT2D eigenvalue weighted by atomic mass is 10.1. The normalized spacial score (nSPS) is 12.3. The van der Waals surface area contributed by atoms with Crippen LogP contribution in [-0.2, 0) is 11.3 Å². The molecule has 0 radical (unpaired) electrons. The van der Waals surface area contributed by atoms with E-state index in [4.69, 9.17) is 4.42 Å². The van der Waals surface area contributed by atoms with Crippen molar-refractivity contribution in [2.75, 3.05) is 0 Å². The summed E-state index contributed by atoms with van der Waals surface area (Å²) in [6.45, 7) is 4.42. The predicted molar refractivity (Wildman–Crippen MR) is 92.4 cm³/mol. The molecule has 0 saturated heterocycles. The molecule has 1 atom stereocenters. The monoisotopic (exact) mass is 326 g/mol. The number of para-hydroxylation sites is 2. The number of carbonyl (C=O) groups is 1. The highest BCUT2D eigenvalue weighted by molar-refractivity contribution is 8.00. The van der Waals surface area contributed by atoms with Crippen LogP contribution in [0.1, 0.15) is 18.1 Å². The minimum Gasteiger partial charge on any atom is -0.431 e. The van der Waals surface area contributed by atoms with Crippen molar-refractivity contribution >= 4 is 28.8 Å². The number of amides is 1. The lowest BCUT2D eigenvalue weighted by Crippen LogP contribution is -2.30. The summed E-state index contributed by atoms with van der Waals surface area (Å²) in [5.74, 6) is -0.0298. The van der Waals surface area contributed by atoms with Crippen molar-refractivity contribution in [2.24, 2.45) is 0 Å². The van der Waals surface area contributed by atoms with Crippen LogP contribution in [0.15, 0.2) is 58.2 Å². The fourth-order valence-corrected chi connectivity index (χ4v) is 2.93. The molecule has 0 aliphatic rings. The van der Waals surface area contributed by atoms with Gasteiger partial charge in [0.2, 0.25) is 5.91 Å². The average Bonchev–Trinajstić information content (AvgIpc) is 2.96. The number of hydrogen-bond acceptors (Lipinski definition) is 4. The van der Waals surface area contributed by atoms with Crippen LogP contribution in [0.2, 0.25) is 0 Å². The molecular weight excluding hydrogens is 308 g/mol. The lowest BCUT2D eigenvalue weighted by molar-refractivity contribution is -0.120. The Morgan fingerprint density at radius 1 is 1.22 bits per heavy atom. The summed E-state index contributed by atoms with van der Waals surface area (Å²) in [6.07, 6.45) is 0. The largest absolute Gasteiger partial charge is 0.431 e. The highest BCUT2D eigenvalue weighted by Crippen LogP contribution is 2.26. The third kappa shape index (κ3) is 3.93. The van der Waals surface area contributed by atoms with Gasteiger partial charge in [-0.25, -0.2) is 4.98 Å². The van der Waals surface area contributed by atoms with Gasteiger partial charge in [-0.15, -0.1) is 0 Å². The minimum atomic E-state index is -0.270. The number of nitrogens with one attached hydrogen (secondary N) is 1. The van der Waals surface area contributed by atoms with Crippen molar-refractivity contribution in [3.63, 3.8) is 0 Å². The van der Waals surface area contributed by atoms with Gasteiger partial charge >= 0.3 is 0 Å². The summed E-state index contributed by atoms with van der Waals surface area (Å²) in [5, 5.41) is 3.19. The number of fused-ring (bicyclic) bond motifs is 1. The molecule has 0 aliphatic heterocycles.